The lowest BCUT2D eigenvalue weighted by molar-refractivity contribution is -0.112. The van der Waals surface area contributed by atoms with Crippen LogP contribution >= 0.6 is 0 Å². The third kappa shape index (κ3) is 4.35. The highest BCUT2D eigenvalue weighted by Gasteiger charge is 2.10. The predicted molar refractivity (Wildman–Crippen MR) is 91.1 cm³/mol. The minimum absolute atomic E-state index is 0.0362. The van der Waals surface area contributed by atoms with Crippen LogP contribution in [0.4, 0.5) is 11.4 Å². The van der Waals surface area contributed by atoms with Gasteiger partial charge in [-0.3, -0.25) is 4.79 Å². The molecular formula is C18H17N3O2. The SMILES string of the molecule is CN(C)c1cccc(NC(=O)/C(C#N)=C/c2cccc(O)c2)c1. The number of nitrogens with zero attached hydrogens (tertiary/aromatic N) is 2. The predicted octanol–water partition coefficient (Wildman–Crippen LogP) is 3.00. The normalized spacial score (nSPS) is 10.7. The Morgan fingerprint density at radius 2 is 1.96 bits per heavy atom. The Morgan fingerprint density at radius 3 is 2.61 bits per heavy atom. The first-order valence-electron chi connectivity index (χ1n) is 6.99. The number of phenolic OH excluding ortho intramolecular Hbond substituents is 1. The molecule has 0 atom stereocenters. The zero-order valence-electron chi connectivity index (χ0n) is 12.9. The van der Waals surface area contributed by atoms with Gasteiger partial charge >= 0.3 is 0 Å². The first kappa shape index (κ1) is 16.1. The van der Waals surface area contributed by atoms with Crippen LogP contribution in [0.5, 0.6) is 5.75 Å². The number of anilines is 2. The number of benzene rings is 2. The molecule has 1 amide bonds. The van der Waals surface area contributed by atoms with E-state index in [9.17, 15) is 15.2 Å². The van der Waals surface area contributed by atoms with E-state index in [4.69, 9.17) is 0 Å². The van der Waals surface area contributed by atoms with Crippen LogP contribution in [0.3, 0.4) is 0 Å². The lowest BCUT2D eigenvalue weighted by atomic mass is 10.1. The maximum absolute atomic E-state index is 12.2. The zero-order valence-corrected chi connectivity index (χ0v) is 12.9. The monoisotopic (exact) mass is 307 g/mol. The molecule has 0 aliphatic heterocycles. The van der Waals surface area contributed by atoms with Crippen LogP contribution in [0.25, 0.3) is 6.08 Å². The summed E-state index contributed by atoms with van der Waals surface area (Å²) in [6.07, 6.45) is 1.44. The van der Waals surface area contributed by atoms with E-state index < -0.39 is 5.91 Å². The van der Waals surface area contributed by atoms with Crippen molar-refractivity contribution in [3.05, 3.63) is 59.7 Å². The Kier molecular flexibility index (Phi) is 5.00. The van der Waals surface area contributed by atoms with Gasteiger partial charge in [0.2, 0.25) is 0 Å². The fraction of sp³-hybridized carbons (Fsp3) is 0.111. The van der Waals surface area contributed by atoms with Crippen LogP contribution in [0.1, 0.15) is 5.56 Å². The number of nitriles is 1. The van der Waals surface area contributed by atoms with Gasteiger partial charge in [-0.1, -0.05) is 18.2 Å². The van der Waals surface area contributed by atoms with Crippen LogP contribution in [-0.2, 0) is 4.79 Å². The molecule has 5 heteroatoms. The fourth-order valence-electron chi connectivity index (χ4n) is 1.99. The van der Waals surface area contributed by atoms with E-state index in [1.807, 2.05) is 43.3 Å². The molecule has 2 N–H and O–H groups in total. The molecule has 0 aromatic heterocycles. The molecule has 0 aliphatic rings. The van der Waals surface area contributed by atoms with Crippen LogP contribution in [0.2, 0.25) is 0 Å². The highest BCUT2D eigenvalue weighted by atomic mass is 16.3. The summed E-state index contributed by atoms with van der Waals surface area (Å²) < 4.78 is 0. The van der Waals surface area contributed by atoms with Crippen molar-refractivity contribution in [2.24, 2.45) is 0 Å². The number of amides is 1. The number of carbonyl (C=O) groups excluding carboxylic acids is 1. The second-order valence-corrected chi connectivity index (χ2v) is 5.16. The Bertz CT molecular complexity index is 789. The molecule has 2 aromatic rings. The summed E-state index contributed by atoms with van der Waals surface area (Å²) in [5.74, 6) is -0.415. The highest BCUT2D eigenvalue weighted by molar-refractivity contribution is 6.09. The van der Waals surface area contributed by atoms with E-state index in [-0.39, 0.29) is 11.3 Å². The number of hydrogen-bond donors (Lipinski definition) is 2. The van der Waals surface area contributed by atoms with Gasteiger partial charge in [0, 0.05) is 25.5 Å². The maximum Gasteiger partial charge on any atom is 0.266 e. The van der Waals surface area contributed by atoms with Crippen molar-refractivity contribution in [1.82, 2.24) is 0 Å². The van der Waals surface area contributed by atoms with Gasteiger partial charge in [0.25, 0.3) is 5.91 Å². The summed E-state index contributed by atoms with van der Waals surface area (Å²) in [6, 6.07) is 15.6. The Labute approximate surface area is 135 Å². The van der Waals surface area contributed by atoms with Gasteiger partial charge in [-0.15, -0.1) is 0 Å². The largest absolute Gasteiger partial charge is 0.508 e. The number of carbonyl (C=O) groups is 1. The quantitative estimate of drug-likeness (QED) is 0.672. The van der Waals surface area contributed by atoms with Crippen LogP contribution in [0.15, 0.2) is 54.1 Å². The summed E-state index contributed by atoms with van der Waals surface area (Å²) in [7, 11) is 3.81. The molecule has 0 unspecified atom stereocenters. The van der Waals surface area contributed by atoms with Crippen molar-refractivity contribution in [3.63, 3.8) is 0 Å². The van der Waals surface area contributed by atoms with Gasteiger partial charge in [0.1, 0.15) is 17.4 Å². The van der Waals surface area contributed by atoms with Gasteiger partial charge in [0.15, 0.2) is 0 Å². The van der Waals surface area contributed by atoms with Gasteiger partial charge < -0.3 is 15.3 Å². The third-order valence-electron chi connectivity index (χ3n) is 3.17. The lowest BCUT2D eigenvalue weighted by Crippen LogP contribution is -2.14. The summed E-state index contributed by atoms with van der Waals surface area (Å²) >= 11 is 0. The smallest absolute Gasteiger partial charge is 0.266 e. The molecule has 2 rings (SSSR count). The van der Waals surface area contributed by atoms with Crippen molar-refractivity contribution in [2.75, 3.05) is 24.3 Å². The van der Waals surface area contributed by atoms with E-state index >= 15 is 0 Å². The molecule has 2 aromatic carbocycles. The van der Waals surface area contributed by atoms with Crippen molar-refractivity contribution >= 4 is 23.4 Å². The molecule has 0 saturated heterocycles. The van der Waals surface area contributed by atoms with E-state index in [2.05, 4.69) is 5.32 Å². The number of nitrogens with one attached hydrogen (secondary N) is 1. The molecular weight excluding hydrogens is 290 g/mol. The van der Waals surface area contributed by atoms with Crippen LogP contribution in [-0.4, -0.2) is 25.1 Å². The standard InChI is InChI=1S/C18H17N3O2/c1-21(2)16-7-4-6-15(11-16)20-18(23)14(12-19)9-13-5-3-8-17(22)10-13/h3-11,22H,1-2H3,(H,20,23)/b14-9+. The molecule has 116 valence electrons. The number of aromatic hydroxyl groups is 1. The highest BCUT2D eigenvalue weighted by Crippen LogP contribution is 2.19. The Balaban J connectivity index is 2.21. The molecule has 5 nitrogen and oxygen atoms in total. The topological polar surface area (TPSA) is 76.4 Å². The maximum atomic E-state index is 12.2. The lowest BCUT2D eigenvalue weighted by Gasteiger charge is -2.13. The van der Waals surface area contributed by atoms with Crippen molar-refractivity contribution in [3.8, 4) is 11.8 Å². The van der Waals surface area contributed by atoms with E-state index in [1.165, 1.54) is 18.2 Å². The molecule has 0 aliphatic carbocycles. The fourth-order valence-corrected chi connectivity index (χ4v) is 1.99. The van der Waals surface area contributed by atoms with Crippen molar-refractivity contribution in [1.29, 1.82) is 5.26 Å². The molecule has 0 heterocycles. The zero-order chi connectivity index (χ0) is 16.8. The summed E-state index contributed by atoms with van der Waals surface area (Å²) in [4.78, 5) is 14.2. The molecule has 0 spiro atoms. The van der Waals surface area contributed by atoms with Crippen molar-refractivity contribution < 1.29 is 9.90 Å². The summed E-state index contributed by atoms with van der Waals surface area (Å²) in [6.45, 7) is 0. The minimum atomic E-state index is -0.494. The van der Waals surface area contributed by atoms with Gasteiger partial charge in [-0.2, -0.15) is 5.26 Å². The van der Waals surface area contributed by atoms with Gasteiger partial charge in [0.05, 0.1) is 0 Å². The number of hydrogen-bond acceptors (Lipinski definition) is 4. The number of phenols is 1. The van der Waals surface area contributed by atoms with Crippen LogP contribution < -0.4 is 10.2 Å². The second kappa shape index (κ2) is 7.14. The van der Waals surface area contributed by atoms with E-state index in [0.717, 1.165) is 5.69 Å². The summed E-state index contributed by atoms with van der Waals surface area (Å²) in [5, 5.41) is 21.3. The molecule has 0 saturated carbocycles. The molecule has 0 fully saturated rings. The minimum Gasteiger partial charge on any atom is -0.508 e. The Hall–Kier alpha value is -3.26. The van der Waals surface area contributed by atoms with E-state index in [0.29, 0.717) is 11.3 Å². The molecule has 0 bridgehead atoms. The molecule has 23 heavy (non-hydrogen) atoms. The first-order valence-corrected chi connectivity index (χ1v) is 6.99. The number of rotatable bonds is 4. The van der Waals surface area contributed by atoms with Crippen LogP contribution in [0, 0.1) is 11.3 Å². The van der Waals surface area contributed by atoms with Gasteiger partial charge in [-0.05, 0) is 42.0 Å². The Morgan fingerprint density at radius 1 is 1.22 bits per heavy atom. The summed E-state index contributed by atoms with van der Waals surface area (Å²) in [5.41, 5.74) is 2.10. The average molecular weight is 307 g/mol. The van der Waals surface area contributed by atoms with Gasteiger partial charge in [-0.25, -0.2) is 0 Å². The average Bonchev–Trinajstić information content (AvgIpc) is 2.52. The second-order valence-electron chi connectivity index (χ2n) is 5.16. The first-order chi connectivity index (χ1) is 11.0. The molecule has 0 radical (unpaired) electrons. The third-order valence-corrected chi connectivity index (χ3v) is 3.17. The van der Waals surface area contributed by atoms with Crippen molar-refractivity contribution in [2.45, 2.75) is 0 Å². The van der Waals surface area contributed by atoms with E-state index in [1.54, 1.807) is 18.2 Å².